The molecule has 2 aliphatic rings. The van der Waals surface area contributed by atoms with Crippen molar-refractivity contribution >= 4 is 28.7 Å². The molecular formula is C11H13ClNO2S. The Bertz CT molecular complexity index is 361. The van der Waals surface area contributed by atoms with Gasteiger partial charge in [0.15, 0.2) is 0 Å². The monoisotopic (exact) mass is 258 g/mol. The fourth-order valence-electron chi connectivity index (χ4n) is 1.75. The minimum atomic E-state index is -0.735. The Hall–Kier alpha value is -0.450. The Labute approximate surface area is 103 Å². The first-order valence-electron chi connectivity index (χ1n) is 5.10. The Morgan fingerprint density at radius 3 is 2.88 bits per heavy atom. The summed E-state index contributed by atoms with van der Waals surface area (Å²) in [5, 5.41) is 3.46. The van der Waals surface area contributed by atoms with E-state index < -0.39 is 11.2 Å². The average molecular weight is 259 g/mol. The lowest BCUT2D eigenvalue weighted by atomic mass is 9.94. The van der Waals surface area contributed by atoms with Gasteiger partial charge in [-0.1, -0.05) is 23.3 Å². The molecule has 0 saturated carbocycles. The van der Waals surface area contributed by atoms with Crippen molar-refractivity contribution in [2.75, 3.05) is 11.5 Å². The summed E-state index contributed by atoms with van der Waals surface area (Å²) >= 11 is 5.16. The van der Waals surface area contributed by atoms with E-state index in [0.29, 0.717) is 16.5 Å². The molecule has 3 nitrogen and oxygen atoms in total. The van der Waals surface area contributed by atoms with E-state index >= 15 is 0 Å². The van der Waals surface area contributed by atoms with Crippen molar-refractivity contribution in [1.29, 1.82) is 0 Å². The van der Waals surface area contributed by atoms with Crippen LogP contribution >= 0.6 is 11.6 Å². The summed E-state index contributed by atoms with van der Waals surface area (Å²) in [7, 11) is 0. The highest BCUT2D eigenvalue weighted by atomic mass is 35.5. The third kappa shape index (κ3) is 2.81. The van der Waals surface area contributed by atoms with Gasteiger partial charge in [0.25, 0.3) is 0 Å². The second kappa shape index (κ2) is 4.82. The topological polar surface area (TPSA) is 52.2 Å². The van der Waals surface area contributed by atoms with Gasteiger partial charge < -0.3 is 9.87 Å². The van der Waals surface area contributed by atoms with Crippen molar-refractivity contribution in [3.05, 3.63) is 29.2 Å². The molecule has 1 fully saturated rings. The zero-order chi connectivity index (χ0) is 11.7. The Balaban J connectivity index is 1.88. The molecule has 0 aromatic carbocycles. The van der Waals surface area contributed by atoms with Crippen LogP contribution in [0.25, 0.3) is 0 Å². The van der Waals surface area contributed by atoms with Gasteiger partial charge in [-0.25, -0.2) is 0 Å². The van der Waals surface area contributed by atoms with Gasteiger partial charge in [-0.15, -0.1) is 0 Å². The van der Waals surface area contributed by atoms with E-state index in [9.17, 15) is 9.35 Å². The number of carbonyl (C=O) groups is 1. The van der Waals surface area contributed by atoms with E-state index in [-0.39, 0.29) is 17.9 Å². The number of amides is 1. The molecule has 87 valence electrons. The number of hydrogen-bond acceptors (Lipinski definition) is 2. The van der Waals surface area contributed by atoms with Gasteiger partial charge in [-0.05, 0) is 24.2 Å². The summed E-state index contributed by atoms with van der Waals surface area (Å²) in [4.78, 5) is 11.8. The highest BCUT2D eigenvalue weighted by molar-refractivity contribution is 7.92. The van der Waals surface area contributed by atoms with Gasteiger partial charge in [0, 0.05) is 11.5 Å². The van der Waals surface area contributed by atoms with Gasteiger partial charge >= 0.3 is 0 Å². The van der Waals surface area contributed by atoms with E-state index in [4.69, 9.17) is 11.6 Å². The van der Waals surface area contributed by atoms with Crippen LogP contribution < -0.4 is 5.32 Å². The Morgan fingerprint density at radius 1 is 1.62 bits per heavy atom. The first-order chi connectivity index (χ1) is 7.54. The van der Waals surface area contributed by atoms with Crippen LogP contribution in [0, 0.1) is 12.3 Å². The maximum absolute atomic E-state index is 11.8. The van der Waals surface area contributed by atoms with Gasteiger partial charge in [0.05, 0.1) is 5.92 Å². The van der Waals surface area contributed by atoms with Crippen LogP contribution in [-0.4, -0.2) is 28.0 Å². The molecule has 1 aliphatic carbocycles. The molecule has 16 heavy (non-hydrogen) atoms. The van der Waals surface area contributed by atoms with Crippen molar-refractivity contribution < 1.29 is 9.35 Å². The van der Waals surface area contributed by atoms with Crippen LogP contribution in [0.5, 0.6) is 0 Å². The fourth-order valence-corrected chi connectivity index (χ4v) is 3.02. The third-order valence-electron chi connectivity index (χ3n) is 2.57. The fraction of sp³-hybridized carbons (Fsp3) is 0.455. The van der Waals surface area contributed by atoms with Gasteiger partial charge in [-0.2, -0.15) is 0 Å². The standard InChI is InChI=1S/C11H13ClNO2S/c1-7-2-8(4-9(12)3-7)11(14)13-10-5-16(15)6-10/h2-4,8,10H,5-6H2,1H3,(H,13,14). The average Bonchev–Trinajstić information content (AvgIpc) is 2.13. The minimum absolute atomic E-state index is 0.0627. The largest absolute Gasteiger partial charge is 0.616 e. The molecule has 0 aromatic rings. The molecule has 1 N–H and O–H groups in total. The maximum atomic E-state index is 11.8. The number of rotatable bonds is 2. The van der Waals surface area contributed by atoms with E-state index in [1.165, 1.54) is 0 Å². The van der Waals surface area contributed by atoms with E-state index in [1.54, 1.807) is 6.08 Å². The number of allylic oxidation sites excluding steroid dienone is 3. The number of carbonyl (C=O) groups excluding carboxylic acids is 1. The van der Waals surface area contributed by atoms with Crippen molar-refractivity contribution in [2.45, 2.75) is 13.0 Å². The molecular weight excluding hydrogens is 246 g/mol. The summed E-state index contributed by atoms with van der Waals surface area (Å²) in [6, 6.07) is 0.0696. The van der Waals surface area contributed by atoms with Crippen LogP contribution in [-0.2, 0) is 16.0 Å². The lowest BCUT2D eigenvalue weighted by Gasteiger charge is -2.30. The van der Waals surface area contributed by atoms with Crippen molar-refractivity contribution in [3.63, 3.8) is 0 Å². The normalized spacial score (nSPS) is 33.6. The van der Waals surface area contributed by atoms with E-state index in [1.807, 2.05) is 19.4 Å². The SMILES string of the molecule is CC1=CC(Cl)=CC(C(=O)NC2C[S+]([O-])C2)[CH]1. The molecule has 1 unspecified atom stereocenters. The van der Waals surface area contributed by atoms with Crippen LogP contribution in [0.15, 0.2) is 22.8 Å². The maximum Gasteiger partial charge on any atom is 0.228 e. The Kier molecular flexibility index (Phi) is 3.62. The lowest BCUT2D eigenvalue weighted by Crippen LogP contribution is -2.54. The molecule has 0 aromatic heterocycles. The second-order valence-electron chi connectivity index (χ2n) is 4.11. The predicted molar refractivity (Wildman–Crippen MR) is 65.3 cm³/mol. The number of halogens is 1. The van der Waals surface area contributed by atoms with Crippen molar-refractivity contribution in [1.82, 2.24) is 5.32 Å². The molecule has 0 spiro atoms. The van der Waals surface area contributed by atoms with E-state index in [0.717, 1.165) is 5.57 Å². The van der Waals surface area contributed by atoms with Gasteiger partial charge in [0.1, 0.15) is 17.5 Å². The summed E-state index contributed by atoms with van der Waals surface area (Å²) in [6.07, 6.45) is 5.42. The highest BCUT2D eigenvalue weighted by Crippen LogP contribution is 2.24. The van der Waals surface area contributed by atoms with Crippen LogP contribution in [0.3, 0.4) is 0 Å². The summed E-state index contributed by atoms with van der Waals surface area (Å²) in [5.74, 6) is 0.786. The smallest absolute Gasteiger partial charge is 0.228 e. The zero-order valence-corrected chi connectivity index (χ0v) is 10.5. The molecule has 1 heterocycles. The first-order valence-corrected chi connectivity index (χ1v) is 6.97. The molecule has 0 bridgehead atoms. The summed E-state index contributed by atoms with van der Waals surface area (Å²) in [6.45, 7) is 1.91. The zero-order valence-electron chi connectivity index (χ0n) is 8.90. The summed E-state index contributed by atoms with van der Waals surface area (Å²) < 4.78 is 10.9. The molecule has 1 amide bonds. The van der Waals surface area contributed by atoms with Crippen molar-refractivity contribution in [2.24, 2.45) is 5.92 Å². The quantitative estimate of drug-likeness (QED) is 0.755. The van der Waals surface area contributed by atoms with Crippen molar-refractivity contribution in [3.8, 4) is 0 Å². The first kappa shape index (κ1) is 12.0. The lowest BCUT2D eigenvalue weighted by molar-refractivity contribution is -0.123. The van der Waals surface area contributed by atoms with Gasteiger partial charge in [-0.3, -0.25) is 4.79 Å². The summed E-state index contributed by atoms with van der Waals surface area (Å²) in [5.41, 5.74) is 0.991. The number of nitrogens with one attached hydrogen (secondary N) is 1. The van der Waals surface area contributed by atoms with Crippen LogP contribution in [0.2, 0.25) is 0 Å². The third-order valence-corrected chi connectivity index (χ3v) is 4.35. The predicted octanol–water partition coefficient (Wildman–Crippen LogP) is 1.14. The second-order valence-corrected chi connectivity index (χ2v) is 6.09. The molecule has 2 rings (SSSR count). The van der Waals surface area contributed by atoms with Crippen LogP contribution in [0.4, 0.5) is 0 Å². The highest BCUT2D eigenvalue weighted by Gasteiger charge is 2.34. The molecule has 1 atom stereocenters. The van der Waals surface area contributed by atoms with Crippen LogP contribution in [0.1, 0.15) is 6.92 Å². The molecule has 1 saturated heterocycles. The van der Waals surface area contributed by atoms with E-state index in [2.05, 4.69) is 5.32 Å². The molecule has 1 radical (unpaired) electrons. The number of hydrogen-bond donors (Lipinski definition) is 1. The molecule has 5 heteroatoms. The molecule has 1 aliphatic heterocycles. The minimum Gasteiger partial charge on any atom is -0.616 e. The van der Waals surface area contributed by atoms with Gasteiger partial charge in [0.2, 0.25) is 5.91 Å². The Morgan fingerprint density at radius 2 is 2.31 bits per heavy atom.